The van der Waals surface area contributed by atoms with E-state index in [-0.39, 0.29) is 0 Å². The average molecular weight is 225 g/mol. The molecule has 86 valence electrons. The Balaban J connectivity index is 0.000000492. The van der Waals surface area contributed by atoms with E-state index in [1.54, 1.807) is 12.1 Å². The van der Waals surface area contributed by atoms with Crippen LogP contribution in [0.4, 0.5) is 0 Å². The van der Waals surface area contributed by atoms with E-state index in [4.69, 9.17) is 6.48 Å². The van der Waals surface area contributed by atoms with Crippen LogP contribution in [0.5, 0.6) is 5.75 Å². The summed E-state index contributed by atoms with van der Waals surface area (Å²) in [6.45, 7) is 2.09. The Morgan fingerprint density at radius 1 is 1.00 bits per heavy atom. The van der Waals surface area contributed by atoms with Gasteiger partial charge in [0.1, 0.15) is 7.12 Å². The highest BCUT2D eigenvalue weighted by Gasteiger charge is 1.96. The van der Waals surface area contributed by atoms with Crippen LogP contribution in [0.15, 0.2) is 48.5 Å². The molecule has 0 spiro atoms. The summed E-state index contributed by atoms with van der Waals surface area (Å²) < 4.78 is 5.74. The van der Waals surface area contributed by atoms with E-state index in [1.807, 2.05) is 12.1 Å². The molecule has 0 saturated carbocycles. The number of phenolic OH excluding ortho intramolecular Hbond substituents is 1. The van der Waals surface area contributed by atoms with Gasteiger partial charge < -0.3 is 5.11 Å². The summed E-state index contributed by atoms with van der Waals surface area (Å²) in [6.07, 6.45) is 6.68. The predicted molar refractivity (Wildman–Crippen MR) is 72.0 cm³/mol. The van der Waals surface area contributed by atoms with Gasteiger partial charge in [-0.05, 0) is 36.6 Å². The zero-order valence-corrected chi connectivity index (χ0v) is 9.85. The second kappa shape index (κ2) is 6.40. The normalized spacial score (nSPS) is 9.53. The summed E-state index contributed by atoms with van der Waals surface area (Å²) in [6, 6.07) is 15.9. The van der Waals surface area contributed by atoms with E-state index >= 15 is 0 Å². The molecule has 0 amide bonds. The lowest BCUT2D eigenvalue weighted by Gasteiger charge is -2.02. The quantitative estimate of drug-likeness (QED) is 0.775. The summed E-state index contributed by atoms with van der Waals surface area (Å²) in [5.74, 6) is 0.322. The molecule has 2 aromatic rings. The molecule has 2 rings (SSSR count). The fourth-order valence-corrected chi connectivity index (χ4v) is 1.56. The van der Waals surface area contributed by atoms with Crippen LogP contribution in [0.1, 0.15) is 18.1 Å². The SMILES string of the molecule is Cc1ccc(Cc2ccc(O)cc2)cc1.[2H]C#C. The van der Waals surface area contributed by atoms with Crippen molar-refractivity contribution in [3.63, 3.8) is 0 Å². The summed E-state index contributed by atoms with van der Waals surface area (Å²) in [7, 11) is 0. The Morgan fingerprint density at radius 3 is 1.88 bits per heavy atom. The third kappa shape index (κ3) is 4.04. The topological polar surface area (TPSA) is 20.2 Å². The van der Waals surface area contributed by atoms with Gasteiger partial charge in [-0.2, -0.15) is 0 Å². The number of phenols is 1. The molecule has 0 unspecified atom stereocenters. The Kier molecular flexibility index (Phi) is 4.25. The number of hydrogen-bond acceptors (Lipinski definition) is 1. The lowest BCUT2D eigenvalue weighted by molar-refractivity contribution is 0.475. The van der Waals surface area contributed by atoms with Crippen LogP contribution in [-0.2, 0) is 6.42 Å². The van der Waals surface area contributed by atoms with Gasteiger partial charge in [0.15, 0.2) is 0 Å². The molecule has 0 aliphatic heterocycles. The summed E-state index contributed by atoms with van der Waals surface area (Å²) in [5, 5.41) is 9.16. The number of hydrogen-bond donors (Lipinski definition) is 1. The number of aryl methyl sites for hydroxylation is 1. The maximum atomic E-state index is 9.16. The largest absolute Gasteiger partial charge is 0.508 e. The van der Waals surface area contributed by atoms with Gasteiger partial charge >= 0.3 is 0 Å². The Labute approximate surface area is 104 Å². The number of benzene rings is 2. The van der Waals surface area contributed by atoms with Gasteiger partial charge in [-0.15, -0.1) is 12.8 Å². The zero-order chi connectivity index (χ0) is 13.4. The monoisotopic (exact) mass is 225 g/mol. The molecule has 17 heavy (non-hydrogen) atoms. The van der Waals surface area contributed by atoms with E-state index < -0.39 is 0 Å². The first-order valence-electron chi connectivity index (χ1n) is 5.86. The van der Waals surface area contributed by atoms with Crippen molar-refractivity contribution in [1.29, 1.82) is 0 Å². The van der Waals surface area contributed by atoms with Crippen molar-refractivity contribution in [2.75, 3.05) is 0 Å². The molecule has 1 N–H and O–H groups in total. The summed E-state index contributed by atoms with van der Waals surface area (Å²) >= 11 is 0. The van der Waals surface area contributed by atoms with Crippen molar-refractivity contribution >= 4 is 0 Å². The maximum Gasteiger partial charge on any atom is 0.124 e. The summed E-state index contributed by atoms with van der Waals surface area (Å²) in [5.41, 5.74) is 3.80. The van der Waals surface area contributed by atoms with Gasteiger partial charge in [-0.1, -0.05) is 42.0 Å². The van der Waals surface area contributed by atoms with E-state index in [1.165, 1.54) is 23.1 Å². The second-order valence-corrected chi connectivity index (χ2v) is 3.83. The highest BCUT2D eigenvalue weighted by atomic mass is 16.3. The van der Waals surface area contributed by atoms with Crippen LogP contribution in [0.3, 0.4) is 0 Å². The van der Waals surface area contributed by atoms with Crippen molar-refractivity contribution in [1.82, 2.24) is 0 Å². The fourth-order valence-electron chi connectivity index (χ4n) is 1.56. The molecule has 0 radical (unpaired) electrons. The molecule has 1 nitrogen and oxygen atoms in total. The first kappa shape index (κ1) is 11.3. The van der Waals surface area contributed by atoms with Crippen molar-refractivity contribution in [3.8, 4) is 18.6 Å². The Morgan fingerprint density at radius 2 is 1.41 bits per heavy atom. The third-order valence-electron chi connectivity index (χ3n) is 2.47. The molecule has 0 aliphatic rings. The second-order valence-electron chi connectivity index (χ2n) is 3.83. The lowest BCUT2D eigenvalue weighted by atomic mass is 10.0. The van der Waals surface area contributed by atoms with Gasteiger partial charge in [0, 0.05) is 0 Å². The van der Waals surface area contributed by atoms with Gasteiger partial charge in [0.2, 0.25) is 0 Å². The lowest BCUT2D eigenvalue weighted by Crippen LogP contribution is -1.87. The molecule has 2 aromatic carbocycles. The maximum absolute atomic E-state index is 9.16. The standard InChI is InChI=1S/C14H14O.C2H2/c1-11-2-4-12(5-3-11)10-13-6-8-14(15)9-7-13;1-2/h2-9,15H,10H2,1H3;1-2H/i;1D. The average Bonchev–Trinajstić information content (AvgIpc) is 2.36. The van der Waals surface area contributed by atoms with Gasteiger partial charge in [-0.3, -0.25) is 0 Å². The van der Waals surface area contributed by atoms with Crippen molar-refractivity contribution in [3.05, 3.63) is 65.2 Å². The summed E-state index contributed by atoms with van der Waals surface area (Å²) in [4.78, 5) is 0. The van der Waals surface area contributed by atoms with E-state index in [2.05, 4.69) is 37.6 Å². The molecule has 0 heterocycles. The molecule has 0 aromatic heterocycles. The Bertz CT molecular complexity index is 463. The van der Waals surface area contributed by atoms with Crippen LogP contribution >= 0.6 is 0 Å². The van der Waals surface area contributed by atoms with Gasteiger partial charge in [0.25, 0.3) is 0 Å². The molecule has 0 fully saturated rings. The molecular weight excluding hydrogens is 208 g/mol. The van der Waals surface area contributed by atoms with Gasteiger partial charge in [-0.25, -0.2) is 0 Å². The van der Waals surface area contributed by atoms with E-state index in [9.17, 15) is 0 Å². The van der Waals surface area contributed by atoms with E-state index in [0.717, 1.165) is 6.42 Å². The molecule has 1 heteroatoms. The van der Waals surface area contributed by atoms with Crippen molar-refractivity contribution < 1.29 is 6.48 Å². The number of terminal acetylenes is 1. The van der Waals surface area contributed by atoms with Crippen LogP contribution in [0, 0.1) is 19.7 Å². The highest BCUT2D eigenvalue weighted by molar-refractivity contribution is 5.31. The van der Waals surface area contributed by atoms with Crippen LogP contribution in [0.2, 0.25) is 0 Å². The molecular formula is C16H16O. The molecule has 0 saturated heterocycles. The first-order chi connectivity index (χ1) is 8.65. The van der Waals surface area contributed by atoms with Gasteiger partial charge in [0.05, 0.1) is 0 Å². The smallest absolute Gasteiger partial charge is 0.124 e. The number of rotatable bonds is 2. The van der Waals surface area contributed by atoms with Crippen molar-refractivity contribution in [2.24, 2.45) is 0 Å². The molecule has 0 aliphatic carbocycles. The fraction of sp³-hybridized carbons (Fsp3) is 0.125. The zero-order valence-electron chi connectivity index (χ0n) is 10.9. The van der Waals surface area contributed by atoms with E-state index in [0.29, 0.717) is 5.75 Å². The Hall–Kier alpha value is -2.20. The minimum absolute atomic E-state index is 0.322. The predicted octanol–water partition coefficient (Wildman–Crippen LogP) is 3.54. The minimum Gasteiger partial charge on any atom is -0.508 e. The molecule has 0 atom stereocenters. The van der Waals surface area contributed by atoms with Crippen LogP contribution in [-0.4, -0.2) is 5.11 Å². The molecule has 0 bridgehead atoms. The highest BCUT2D eigenvalue weighted by Crippen LogP contribution is 2.14. The third-order valence-corrected chi connectivity index (χ3v) is 2.47. The first-order valence-corrected chi connectivity index (χ1v) is 5.36. The minimum atomic E-state index is 0.322. The number of aromatic hydroxyl groups is 1. The van der Waals surface area contributed by atoms with Crippen LogP contribution in [0.25, 0.3) is 0 Å². The van der Waals surface area contributed by atoms with Crippen molar-refractivity contribution in [2.45, 2.75) is 13.3 Å². The van der Waals surface area contributed by atoms with Crippen LogP contribution < -0.4 is 0 Å².